The molecule has 3 heterocycles. The average molecular weight is 439 g/mol. The van der Waals surface area contributed by atoms with E-state index in [1.165, 1.54) is 12.4 Å². The van der Waals surface area contributed by atoms with Crippen LogP contribution in [-0.2, 0) is 19.1 Å². The number of aromatic nitrogens is 2. The average Bonchev–Trinajstić information content (AvgIpc) is 2.91. The summed E-state index contributed by atoms with van der Waals surface area (Å²) < 4.78 is 37.3. The number of nitrogens with zero attached hydrogens (tertiary/aromatic N) is 3. The van der Waals surface area contributed by atoms with Gasteiger partial charge in [0.2, 0.25) is 15.0 Å². The molecule has 1 unspecified atom stereocenters. The molecule has 2 fully saturated rings. The van der Waals surface area contributed by atoms with Crippen LogP contribution >= 0.6 is 0 Å². The third-order valence-corrected chi connectivity index (χ3v) is 8.13. The molecule has 0 radical (unpaired) electrons. The number of piperidine rings is 1. The molecule has 3 rings (SSSR count). The molecule has 0 amide bonds. The predicted octanol–water partition coefficient (Wildman–Crippen LogP) is 1.18. The molecule has 1 atom stereocenters. The smallest absolute Gasteiger partial charge is 0.399 e. The van der Waals surface area contributed by atoms with E-state index in [0.29, 0.717) is 24.5 Å². The SMILES string of the molecule is CC1(C)OB(c2cnc(S(=O)(=O)CCCC3CCCCN3CCO)nc2)OC1(C)C. The Balaban J connectivity index is 1.58. The van der Waals surface area contributed by atoms with Crippen LogP contribution in [0.4, 0.5) is 0 Å². The Bertz CT molecular complexity index is 798. The maximum Gasteiger partial charge on any atom is 0.498 e. The van der Waals surface area contributed by atoms with E-state index in [-0.39, 0.29) is 17.5 Å². The number of aliphatic hydroxyl groups excluding tert-OH is 1. The normalized spacial score (nSPS) is 24.3. The molecule has 0 spiro atoms. The first-order valence-electron chi connectivity index (χ1n) is 10.8. The van der Waals surface area contributed by atoms with E-state index in [2.05, 4.69) is 14.9 Å². The monoisotopic (exact) mass is 439 g/mol. The number of hydrogen-bond donors (Lipinski definition) is 1. The lowest BCUT2D eigenvalue weighted by atomic mass is 9.81. The number of β-amino-alcohol motifs (C(OH)–C–C–N with tert-alkyl or cyclic N) is 1. The molecule has 10 heteroatoms. The molecule has 1 N–H and O–H groups in total. The highest BCUT2D eigenvalue weighted by molar-refractivity contribution is 7.91. The third-order valence-electron chi connectivity index (χ3n) is 6.54. The van der Waals surface area contributed by atoms with Gasteiger partial charge in [0.15, 0.2) is 0 Å². The quantitative estimate of drug-likeness (QED) is 0.476. The summed E-state index contributed by atoms with van der Waals surface area (Å²) in [6.45, 7) is 9.60. The van der Waals surface area contributed by atoms with Crippen molar-refractivity contribution in [1.82, 2.24) is 14.9 Å². The van der Waals surface area contributed by atoms with Crippen LogP contribution in [0.3, 0.4) is 0 Å². The molecule has 0 bridgehead atoms. The van der Waals surface area contributed by atoms with Crippen molar-refractivity contribution < 1.29 is 22.8 Å². The summed E-state index contributed by atoms with van der Waals surface area (Å²) in [5.41, 5.74) is -0.355. The Morgan fingerprint density at radius 3 is 2.40 bits per heavy atom. The maximum absolute atomic E-state index is 12.7. The highest BCUT2D eigenvalue weighted by Crippen LogP contribution is 2.36. The lowest BCUT2D eigenvalue weighted by molar-refractivity contribution is 0.00578. The molecular formula is C20H34BN3O5S. The van der Waals surface area contributed by atoms with Gasteiger partial charge in [-0.15, -0.1) is 0 Å². The number of sulfone groups is 1. The van der Waals surface area contributed by atoms with E-state index in [4.69, 9.17) is 9.31 Å². The Morgan fingerprint density at radius 1 is 1.17 bits per heavy atom. The molecular weight excluding hydrogens is 405 g/mol. The molecule has 1 aromatic rings. The summed E-state index contributed by atoms with van der Waals surface area (Å²) in [5, 5.41) is 9.07. The minimum absolute atomic E-state index is 0.0201. The van der Waals surface area contributed by atoms with Crippen molar-refractivity contribution in [3.8, 4) is 0 Å². The summed E-state index contributed by atoms with van der Waals surface area (Å²) in [5.74, 6) is 0.0201. The van der Waals surface area contributed by atoms with Gasteiger partial charge in [-0.1, -0.05) is 6.42 Å². The van der Waals surface area contributed by atoms with Crippen molar-refractivity contribution in [2.45, 2.75) is 82.2 Å². The fourth-order valence-electron chi connectivity index (χ4n) is 4.00. The van der Waals surface area contributed by atoms with E-state index >= 15 is 0 Å². The summed E-state index contributed by atoms with van der Waals surface area (Å²) >= 11 is 0. The molecule has 1 aromatic heterocycles. The van der Waals surface area contributed by atoms with Crippen molar-refractivity contribution in [1.29, 1.82) is 0 Å². The fourth-order valence-corrected chi connectivity index (χ4v) is 5.15. The lowest BCUT2D eigenvalue weighted by Gasteiger charge is -2.35. The van der Waals surface area contributed by atoms with Gasteiger partial charge in [-0.3, -0.25) is 4.90 Å². The minimum atomic E-state index is -3.55. The zero-order valence-electron chi connectivity index (χ0n) is 18.5. The van der Waals surface area contributed by atoms with Crippen molar-refractivity contribution in [3.05, 3.63) is 12.4 Å². The van der Waals surface area contributed by atoms with Crippen LogP contribution in [0.2, 0.25) is 0 Å². The van der Waals surface area contributed by atoms with Gasteiger partial charge in [0, 0.05) is 30.4 Å². The van der Waals surface area contributed by atoms with Crippen LogP contribution in [0, 0.1) is 0 Å². The number of hydrogen-bond acceptors (Lipinski definition) is 8. The largest absolute Gasteiger partial charge is 0.498 e. The van der Waals surface area contributed by atoms with Crippen molar-refractivity contribution in [3.63, 3.8) is 0 Å². The van der Waals surface area contributed by atoms with Crippen LogP contribution < -0.4 is 5.46 Å². The van der Waals surface area contributed by atoms with E-state index < -0.39 is 28.2 Å². The maximum atomic E-state index is 12.7. The third kappa shape index (κ3) is 5.22. The van der Waals surface area contributed by atoms with Gasteiger partial charge in [-0.25, -0.2) is 18.4 Å². The zero-order chi connectivity index (χ0) is 22.0. The number of aliphatic hydroxyl groups is 1. The summed E-state index contributed by atoms with van der Waals surface area (Å²) in [6, 6.07) is 0.341. The van der Waals surface area contributed by atoms with Crippen LogP contribution in [0.1, 0.15) is 59.8 Å². The first kappa shape index (κ1) is 23.6. The molecule has 2 saturated heterocycles. The van der Waals surface area contributed by atoms with E-state index in [0.717, 1.165) is 32.2 Å². The van der Waals surface area contributed by atoms with Crippen LogP contribution in [0.5, 0.6) is 0 Å². The van der Waals surface area contributed by atoms with Gasteiger partial charge < -0.3 is 14.4 Å². The van der Waals surface area contributed by atoms with Crippen molar-refractivity contribution >= 4 is 22.4 Å². The lowest BCUT2D eigenvalue weighted by Crippen LogP contribution is -2.41. The fraction of sp³-hybridized carbons (Fsp3) is 0.800. The van der Waals surface area contributed by atoms with Gasteiger partial charge in [-0.2, -0.15) is 0 Å². The molecule has 168 valence electrons. The topological polar surface area (TPSA) is 102 Å². The molecule has 0 aromatic carbocycles. The minimum Gasteiger partial charge on any atom is -0.399 e. The summed E-state index contributed by atoms with van der Waals surface area (Å²) in [7, 11) is -4.16. The standard InChI is InChI=1S/C20H34BN3O5S/c1-19(2)20(3,4)29-21(28-19)16-14-22-18(23-15-16)30(26,27)13-7-9-17-8-5-6-10-24(17)11-12-25/h14-15,17,25H,5-13H2,1-4H3. The Kier molecular flexibility index (Phi) is 7.24. The van der Waals surface area contributed by atoms with Crippen molar-refractivity contribution in [2.24, 2.45) is 0 Å². The second-order valence-electron chi connectivity index (χ2n) is 9.26. The molecule has 0 saturated carbocycles. The van der Waals surface area contributed by atoms with Crippen LogP contribution in [-0.4, -0.2) is 78.2 Å². The molecule has 2 aliphatic rings. The first-order valence-corrected chi connectivity index (χ1v) is 12.5. The van der Waals surface area contributed by atoms with Gasteiger partial charge >= 0.3 is 7.12 Å². The second-order valence-corrected chi connectivity index (χ2v) is 11.3. The van der Waals surface area contributed by atoms with E-state index in [9.17, 15) is 13.5 Å². The Labute approximate surface area is 180 Å². The molecule has 2 aliphatic heterocycles. The highest BCUT2D eigenvalue weighted by Gasteiger charge is 2.52. The highest BCUT2D eigenvalue weighted by atomic mass is 32.2. The van der Waals surface area contributed by atoms with Crippen LogP contribution in [0.15, 0.2) is 17.6 Å². The Morgan fingerprint density at radius 2 is 1.80 bits per heavy atom. The van der Waals surface area contributed by atoms with E-state index in [1.807, 2.05) is 27.7 Å². The summed E-state index contributed by atoms with van der Waals surface area (Å²) in [6.07, 6.45) is 7.65. The second kappa shape index (κ2) is 9.20. The molecule has 8 nitrogen and oxygen atoms in total. The van der Waals surface area contributed by atoms with Crippen LogP contribution in [0.25, 0.3) is 0 Å². The van der Waals surface area contributed by atoms with Gasteiger partial charge in [-0.05, 0) is 59.9 Å². The predicted molar refractivity (Wildman–Crippen MR) is 115 cm³/mol. The number of rotatable bonds is 8. The Hall–Kier alpha value is -1.07. The van der Waals surface area contributed by atoms with Gasteiger partial charge in [0.25, 0.3) is 0 Å². The first-order chi connectivity index (χ1) is 14.1. The molecule has 30 heavy (non-hydrogen) atoms. The zero-order valence-corrected chi connectivity index (χ0v) is 19.3. The summed E-state index contributed by atoms with van der Waals surface area (Å²) in [4.78, 5) is 10.5. The molecule has 0 aliphatic carbocycles. The van der Waals surface area contributed by atoms with E-state index in [1.54, 1.807) is 0 Å². The van der Waals surface area contributed by atoms with Gasteiger partial charge in [0.1, 0.15) is 0 Å². The van der Waals surface area contributed by atoms with Crippen molar-refractivity contribution in [2.75, 3.05) is 25.4 Å². The van der Waals surface area contributed by atoms with Gasteiger partial charge in [0.05, 0.1) is 23.6 Å². The number of likely N-dealkylation sites (tertiary alicyclic amines) is 1.